The molecule has 5 heteroatoms. The third-order valence-electron chi connectivity index (χ3n) is 3.64. The molecule has 0 aliphatic carbocycles. The van der Waals surface area contributed by atoms with Gasteiger partial charge < -0.3 is 15.3 Å². The average Bonchev–Trinajstić information content (AvgIpc) is 2.36. The molecule has 1 aliphatic rings. The molecule has 1 aliphatic heterocycles. The highest BCUT2D eigenvalue weighted by atomic mass is 16.3. The summed E-state index contributed by atoms with van der Waals surface area (Å²) < 4.78 is 0. The van der Waals surface area contributed by atoms with Crippen molar-refractivity contribution >= 4 is 11.8 Å². The number of likely N-dealkylation sites (tertiary alicyclic amines) is 1. The number of piperidine rings is 1. The first-order valence-corrected chi connectivity index (χ1v) is 6.61. The van der Waals surface area contributed by atoms with E-state index in [4.69, 9.17) is 0 Å². The molecule has 0 spiro atoms. The van der Waals surface area contributed by atoms with Crippen LogP contribution in [0.4, 0.5) is 0 Å². The first kappa shape index (κ1) is 15.0. The Morgan fingerprint density at radius 3 is 2.72 bits per heavy atom. The van der Waals surface area contributed by atoms with Crippen molar-refractivity contribution in [3.8, 4) is 0 Å². The largest absolute Gasteiger partial charge is 0.388 e. The van der Waals surface area contributed by atoms with E-state index >= 15 is 0 Å². The van der Waals surface area contributed by atoms with Gasteiger partial charge in [0.2, 0.25) is 11.8 Å². The van der Waals surface area contributed by atoms with E-state index in [2.05, 4.69) is 5.32 Å². The lowest BCUT2D eigenvalue weighted by atomic mass is 9.96. The minimum Gasteiger partial charge on any atom is -0.388 e. The van der Waals surface area contributed by atoms with E-state index in [1.54, 1.807) is 11.8 Å². The maximum Gasteiger partial charge on any atom is 0.225 e. The molecule has 0 saturated carbocycles. The van der Waals surface area contributed by atoms with E-state index in [1.807, 2.05) is 6.92 Å². The molecule has 1 rings (SSSR count). The van der Waals surface area contributed by atoms with Crippen molar-refractivity contribution in [1.29, 1.82) is 0 Å². The maximum atomic E-state index is 12.0. The quantitative estimate of drug-likeness (QED) is 0.770. The van der Waals surface area contributed by atoms with Gasteiger partial charge in [-0.25, -0.2) is 0 Å². The maximum absolute atomic E-state index is 12.0. The van der Waals surface area contributed by atoms with Crippen molar-refractivity contribution in [3.63, 3.8) is 0 Å². The Balaban J connectivity index is 2.44. The lowest BCUT2D eigenvalue weighted by Crippen LogP contribution is -2.47. The zero-order valence-electron chi connectivity index (χ0n) is 11.5. The Hall–Kier alpha value is -1.10. The molecule has 1 fully saturated rings. The van der Waals surface area contributed by atoms with Gasteiger partial charge in [0.15, 0.2) is 0 Å². The second-order valence-corrected chi connectivity index (χ2v) is 5.37. The van der Waals surface area contributed by atoms with Gasteiger partial charge in [-0.2, -0.15) is 0 Å². The Labute approximate surface area is 109 Å². The third kappa shape index (κ3) is 4.29. The summed E-state index contributed by atoms with van der Waals surface area (Å²) >= 11 is 0. The van der Waals surface area contributed by atoms with E-state index in [9.17, 15) is 14.7 Å². The number of amides is 2. The van der Waals surface area contributed by atoms with Crippen molar-refractivity contribution in [1.82, 2.24) is 10.2 Å². The van der Waals surface area contributed by atoms with Crippen LogP contribution < -0.4 is 5.32 Å². The molecule has 1 heterocycles. The van der Waals surface area contributed by atoms with Gasteiger partial charge in [0.25, 0.3) is 0 Å². The standard InChI is InChI=1S/C13H24N2O3/c1-4-13(3,18)9-14-12(17)11-6-5-7-15(8-11)10(2)16/h11,18H,4-9H2,1-3H3,(H,14,17). The molecule has 0 bridgehead atoms. The Bertz CT molecular complexity index is 315. The van der Waals surface area contributed by atoms with Crippen LogP contribution in [-0.4, -0.2) is 47.1 Å². The second-order valence-electron chi connectivity index (χ2n) is 5.37. The fraction of sp³-hybridized carbons (Fsp3) is 0.846. The molecular formula is C13H24N2O3. The summed E-state index contributed by atoms with van der Waals surface area (Å²) in [6, 6.07) is 0. The predicted molar refractivity (Wildman–Crippen MR) is 68.9 cm³/mol. The third-order valence-corrected chi connectivity index (χ3v) is 3.64. The molecule has 5 nitrogen and oxygen atoms in total. The van der Waals surface area contributed by atoms with Crippen LogP contribution >= 0.6 is 0 Å². The predicted octanol–water partition coefficient (Wildman–Crippen LogP) is 0.522. The molecule has 2 unspecified atom stereocenters. The van der Waals surface area contributed by atoms with Crippen LogP contribution in [0.3, 0.4) is 0 Å². The molecule has 2 N–H and O–H groups in total. The fourth-order valence-electron chi connectivity index (χ4n) is 2.02. The minimum atomic E-state index is -0.857. The number of aliphatic hydroxyl groups is 1. The second kappa shape index (κ2) is 6.18. The van der Waals surface area contributed by atoms with Gasteiger partial charge in [0.1, 0.15) is 0 Å². The molecule has 1 saturated heterocycles. The van der Waals surface area contributed by atoms with Crippen molar-refractivity contribution < 1.29 is 14.7 Å². The summed E-state index contributed by atoms with van der Waals surface area (Å²) in [6.07, 6.45) is 2.27. The molecule has 2 atom stereocenters. The van der Waals surface area contributed by atoms with E-state index < -0.39 is 5.60 Å². The molecule has 0 aromatic heterocycles. The van der Waals surface area contributed by atoms with Crippen LogP contribution in [0, 0.1) is 5.92 Å². The highest BCUT2D eigenvalue weighted by Crippen LogP contribution is 2.17. The van der Waals surface area contributed by atoms with Crippen molar-refractivity contribution in [2.45, 2.75) is 45.6 Å². The number of rotatable bonds is 4. The lowest BCUT2D eigenvalue weighted by Gasteiger charge is -2.32. The van der Waals surface area contributed by atoms with E-state index in [-0.39, 0.29) is 24.3 Å². The number of nitrogens with zero attached hydrogens (tertiary/aromatic N) is 1. The summed E-state index contributed by atoms with van der Waals surface area (Å²) in [5.74, 6) is -0.182. The Morgan fingerprint density at radius 2 is 2.17 bits per heavy atom. The molecule has 2 amide bonds. The first-order valence-electron chi connectivity index (χ1n) is 6.61. The summed E-state index contributed by atoms with van der Waals surface area (Å²) in [7, 11) is 0. The van der Waals surface area contributed by atoms with E-state index in [1.165, 1.54) is 6.92 Å². The van der Waals surface area contributed by atoms with Gasteiger partial charge in [-0.1, -0.05) is 6.92 Å². The number of nitrogens with one attached hydrogen (secondary N) is 1. The Kier molecular flexibility index (Phi) is 5.14. The summed E-state index contributed by atoms with van der Waals surface area (Å²) in [6.45, 7) is 6.61. The molecule has 0 radical (unpaired) electrons. The van der Waals surface area contributed by atoms with Gasteiger partial charge in [-0.05, 0) is 26.2 Å². The summed E-state index contributed by atoms with van der Waals surface area (Å²) in [5.41, 5.74) is -0.857. The zero-order chi connectivity index (χ0) is 13.8. The van der Waals surface area contributed by atoms with Crippen molar-refractivity contribution in [2.24, 2.45) is 5.92 Å². The van der Waals surface area contributed by atoms with Crippen LogP contribution in [0.1, 0.15) is 40.0 Å². The van der Waals surface area contributed by atoms with Gasteiger partial charge in [-0.3, -0.25) is 9.59 Å². The highest BCUT2D eigenvalue weighted by molar-refractivity contribution is 5.80. The fourth-order valence-corrected chi connectivity index (χ4v) is 2.02. The molecule has 18 heavy (non-hydrogen) atoms. The Morgan fingerprint density at radius 1 is 1.50 bits per heavy atom. The van der Waals surface area contributed by atoms with Crippen LogP contribution in [-0.2, 0) is 9.59 Å². The molecule has 104 valence electrons. The number of hydrogen-bond donors (Lipinski definition) is 2. The number of carbonyl (C=O) groups is 2. The van der Waals surface area contributed by atoms with E-state index in [0.717, 1.165) is 19.4 Å². The number of hydrogen-bond acceptors (Lipinski definition) is 3. The molecule has 0 aromatic carbocycles. The first-order chi connectivity index (χ1) is 8.35. The number of carbonyl (C=O) groups excluding carboxylic acids is 2. The van der Waals surface area contributed by atoms with Gasteiger partial charge in [-0.15, -0.1) is 0 Å². The van der Waals surface area contributed by atoms with Crippen molar-refractivity contribution in [2.75, 3.05) is 19.6 Å². The molecular weight excluding hydrogens is 232 g/mol. The van der Waals surface area contributed by atoms with Crippen LogP contribution in [0.15, 0.2) is 0 Å². The van der Waals surface area contributed by atoms with Gasteiger partial charge >= 0.3 is 0 Å². The van der Waals surface area contributed by atoms with Crippen molar-refractivity contribution in [3.05, 3.63) is 0 Å². The van der Waals surface area contributed by atoms with Crippen LogP contribution in [0.5, 0.6) is 0 Å². The topological polar surface area (TPSA) is 69.6 Å². The van der Waals surface area contributed by atoms with Crippen LogP contribution in [0.2, 0.25) is 0 Å². The average molecular weight is 256 g/mol. The van der Waals surface area contributed by atoms with Gasteiger partial charge in [0.05, 0.1) is 11.5 Å². The normalized spacial score (nSPS) is 23.3. The zero-order valence-corrected chi connectivity index (χ0v) is 11.5. The summed E-state index contributed by atoms with van der Waals surface area (Å²) in [5, 5.41) is 12.6. The highest BCUT2D eigenvalue weighted by Gasteiger charge is 2.28. The smallest absolute Gasteiger partial charge is 0.225 e. The van der Waals surface area contributed by atoms with E-state index in [0.29, 0.717) is 13.0 Å². The lowest BCUT2D eigenvalue weighted by molar-refractivity contribution is -0.134. The monoisotopic (exact) mass is 256 g/mol. The SMILES string of the molecule is CCC(C)(O)CNC(=O)C1CCCN(C(C)=O)C1. The molecule has 0 aromatic rings. The summed E-state index contributed by atoms with van der Waals surface area (Å²) in [4.78, 5) is 25.0. The minimum absolute atomic E-state index is 0.0213. The van der Waals surface area contributed by atoms with Crippen LogP contribution in [0.25, 0.3) is 0 Å². The van der Waals surface area contributed by atoms with Gasteiger partial charge in [0, 0.05) is 26.6 Å².